The van der Waals surface area contributed by atoms with E-state index in [0.717, 1.165) is 23.1 Å². The fourth-order valence-corrected chi connectivity index (χ4v) is 5.04. The van der Waals surface area contributed by atoms with Crippen LogP contribution in [0.5, 0.6) is 0 Å². The van der Waals surface area contributed by atoms with E-state index in [1.54, 1.807) is 18.2 Å². The van der Waals surface area contributed by atoms with Gasteiger partial charge in [-0.3, -0.25) is 4.79 Å². The zero-order chi connectivity index (χ0) is 22.2. The number of benzene rings is 2. The molecule has 1 N–H and O–H groups in total. The number of amides is 1. The summed E-state index contributed by atoms with van der Waals surface area (Å²) >= 11 is 13.2. The van der Waals surface area contributed by atoms with Gasteiger partial charge < -0.3 is 9.73 Å². The molecule has 1 fully saturated rings. The molecule has 0 radical (unpaired) electrons. The average Bonchev–Trinajstić information content (AvgIpc) is 3.42. The number of hydrogen-bond donors (Lipinski definition) is 1. The molecule has 10 heteroatoms. The van der Waals surface area contributed by atoms with Crippen molar-refractivity contribution in [2.24, 2.45) is 5.92 Å². The minimum Gasteiger partial charge on any atom is -0.420 e. The summed E-state index contributed by atoms with van der Waals surface area (Å²) in [6.45, 7) is 0. The molecule has 0 bridgehead atoms. The van der Waals surface area contributed by atoms with Crippen molar-refractivity contribution in [1.29, 1.82) is 0 Å². The summed E-state index contributed by atoms with van der Waals surface area (Å²) in [6.07, 6.45) is 2.93. The van der Waals surface area contributed by atoms with E-state index in [4.69, 9.17) is 27.6 Å². The number of fused-ring (bicyclic) bond motifs is 1. The second-order valence-corrected chi connectivity index (χ2v) is 9.62. The Morgan fingerprint density at radius 1 is 1.09 bits per heavy atom. The number of nitrogens with one attached hydrogen (secondary N) is 1. The Balaban J connectivity index is 1.20. The zero-order valence-corrected chi connectivity index (χ0v) is 19.0. The maximum atomic E-state index is 13.7. The minimum atomic E-state index is -0.535. The maximum Gasteiger partial charge on any atom is 0.247 e. The van der Waals surface area contributed by atoms with Crippen molar-refractivity contribution in [2.75, 3.05) is 5.32 Å². The highest BCUT2D eigenvalue weighted by molar-refractivity contribution is 7.22. The molecule has 2 aromatic heterocycles. The number of thiazole rings is 1. The summed E-state index contributed by atoms with van der Waals surface area (Å²) in [5.41, 5.74) is 1.25. The van der Waals surface area contributed by atoms with Gasteiger partial charge in [0.15, 0.2) is 5.13 Å². The van der Waals surface area contributed by atoms with Crippen LogP contribution < -0.4 is 5.32 Å². The maximum absolute atomic E-state index is 13.7. The van der Waals surface area contributed by atoms with E-state index in [2.05, 4.69) is 20.5 Å². The number of rotatable bonds is 4. The normalized spacial score (nSPS) is 18.7. The molecular weight excluding hydrogens is 474 g/mol. The summed E-state index contributed by atoms with van der Waals surface area (Å²) in [4.78, 5) is 17.2. The van der Waals surface area contributed by atoms with Crippen LogP contribution in [0.1, 0.15) is 37.5 Å². The minimum absolute atomic E-state index is 0.0311. The van der Waals surface area contributed by atoms with Crippen molar-refractivity contribution in [3.63, 3.8) is 0 Å². The fourth-order valence-electron chi connectivity index (χ4n) is 3.91. The lowest BCUT2D eigenvalue weighted by atomic mass is 9.81. The van der Waals surface area contributed by atoms with Gasteiger partial charge in [-0.05, 0) is 62.1 Å². The molecule has 0 unspecified atom stereocenters. The van der Waals surface area contributed by atoms with Gasteiger partial charge in [-0.1, -0.05) is 34.5 Å². The van der Waals surface area contributed by atoms with Gasteiger partial charge in [0, 0.05) is 22.4 Å². The molecule has 1 aliphatic rings. The third kappa shape index (κ3) is 4.35. The van der Waals surface area contributed by atoms with Crippen LogP contribution in [0.4, 0.5) is 9.52 Å². The van der Waals surface area contributed by atoms with E-state index in [1.807, 2.05) is 6.07 Å². The second-order valence-electron chi connectivity index (χ2n) is 7.74. The predicted octanol–water partition coefficient (Wildman–Crippen LogP) is 6.70. The van der Waals surface area contributed by atoms with Crippen molar-refractivity contribution in [3.8, 4) is 11.5 Å². The van der Waals surface area contributed by atoms with E-state index in [9.17, 15) is 9.18 Å². The highest BCUT2D eigenvalue weighted by Crippen LogP contribution is 2.37. The highest BCUT2D eigenvalue weighted by atomic mass is 35.5. The molecule has 2 aromatic carbocycles. The Morgan fingerprint density at radius 2 is 1.91 bits per heavy atom. The number of hydrogen-bond acceptors (Lipinski definition) is 6. The smallest absolute Gasteiger partial charge is 0.247 e. The molecule has 0 spiro atoms. The van der Waals surface area contributed by atoms with Crippen molar-refractivity contribution < 1.29 is 13.6 Å². The molecule has 32 heavy (non-hydrogen) atoms. The van der Waals surface area contributed by atoms with Crippen LogP contribution >= 0.6 is 34.5 Å². The third-order valence-corrected chi connectivity index (χ3v) is 7.13. The van der Waals surface area contributed by atoms with Crippen molar-refractivity contribution in [1.82, 2.24) is 15.2 Å². The summed E-state index contributed by atoms with van der Waals surface area (Å²) in [7, 11) is 0. The van der Waals surface area contributed by atoms with Crippen molar-refractivity contribution >= 4 is 55.8 Å². The quantitative estimate of drug-likeness (QED) is 0.343. The number of carbonyl (C=O) groups is 1. The Kier molecular flexibility index (Phi) is 5.84. The summed E-state index contributed by atoms with van der Waals surface area (Å²) < 4.78 is 20.5. The van der Waals surface area contributed by atoms with E-state index in [1.165, 1.54) is 23.5 Å². The van der Waals surface area contributed by atoms with Crippen LogP contribution in [-0.4, -0.2) is 21.1 Å². The lowest BCUT2D eigenvalue weighted by Crippen LogP contribution is -2.26. The van der Waals surface area contributed by atoms with Gasteiger partial charge in [0.2, 0.25) is 17.7 Å². The Morgan fingerprint density at radius 3 is 2.69 bits per heavy atom. The van der Waals surface area contributed by atoms with E-state index < -0.39 is 5.82 Å². The summed E-state index contributed by atoms with van der Waals surface area (Å²) in [5.74, 6) is 0.170. The first-order chi connectivity index (χ1) is 15.5. The number of carbonyl (C=O) groups excluding carboxylic acids is 1. The molecule has 0 saturated heterocycles. The molecule has 5 rings (SSSR count). The molecule has 6 nitrogen and oxygen atoms in total. The van der Waals surface area contributed by atoms with Gasteiger partial charge in [-0.25, -0.2) is 9.37 Å². The number of halogens is 3. The largest absolute Gasteiger partial charge is 0.420 e. The van der Waals surface area contributed by atoms with Crippen molar-refractivity contribution in [2.45, 2.75) is 31.6 Å². The van der Waals surface area contributed by atoms with Crippen LogP contribution in [0.3, 0.4) is 0 Å². The average molecular weight is 491 g/mol. The van der Waals surface area contributed by atoms with Crippen molar-refractivity contribution in [3.05, 3.63) is 58.2 Å². The van der Waals surface area contributed by atoms with Crippen LogP contribution in [0.2, 0.25) is 10.0 Å². The van der Waals surface area contributed by atoms with E-state index in [0.29, 0.717) is 34.5 Å². The molecule has 2 heterocycles. The lowest BCUT2D eigenvalue weighted by Gasteiger charge is -2.25. The summed E-state index contributed by atoms with van der Waals surface area (Å²) in [5, 5.41) is 12.4. The zero-order valence-electron chi connectivity index (χ0n) is 16.6. The second kappa shape index (κ2) is 8.77. The van der Waals surface area contributed by atoms with Crippen LogP contribution in [0.25, 0.3) is 21.7 Å². The Bertz CT molecular complexity index is 1300. The number of anilines is 1. The van der Waals surface area contributed by atoms with Crippen LogP contribution in [0, 0.1) is 11.7 Å². The SMILES string of the molecule is O=C(Nc1nc2cc(Cl)ccc2s1)C1CCC(c2nnc(-c3ccc(Cl)c(F)c3)o2)CC1. The van der Waals surface area contributed by atoms with Gasteiger partial charge >= 0.3 is 0 Å². The first-order valence-electron chi connectivity index (χ1n) is 10.1. The third-order valence-electron chi connectivity index (χ3n) is 5.63. The molecule has 0 aliphatic heterocycles. The molecule has 4 aromatic rings. The first-order valence-corrected chi connectivity index (χ1v) is 11.7. The van der Waals surface area contributed by atoms with Gasteiger partial charge in [-0.15, -0.1) is 10.2 Å². The molecule has 1 amide bonds. The molecule has 164 valence electrons. The monoisotopic (exact) mass is 490 g/mol. The van der Waals surface area contributed by atoms with Crippen LogP contribution in [-0.2, 0) is 4.79 Å². The van der Waals surface area contributed by atoms with Crippen LogP contribution in [0.15, 0.2) is 40.8 Å². The highest BCUT2D eigenvalue weighted by Gasteiger charge is 2.30. The Hall–Kier alpha value is -2.55. The topological polar surface area (TPSA) is 80.9 Å². The lowest BCUT2D eigenvalue weighted by molar-refractivity contribution is -0.120. The standard InChI is InChI=1S/C22H17Cl2FN4O2S/c23-14-6-8-18-17(10-14)26-22(32-18)27-19(30)11-1-3-12(4-2-11)20-28-29-21(31-20)13-5-7-15(24)16(25)9-13/h5-12H,1-4H2,(H,26,27,30). The molecule has 0 atom stereocenters. The van der Waals surface area contributed by atoms with Gasteiger partial charge in [-0.2, -0.15) is 0 Å². The molecular formula is C22H17Cl2FN4O2S. The van der Waals surface area contributed by atoms with E-state index in [-0.39, 0.29) is 28.7 Å². The number of aromatic nitrogens is 3. The van der Waals surface area contributed by atoms with Gasteiger partial charge in [0.1, 0.15) is 5.82 Å². The fraction of sp³-hybridized carbons (Fsp3) is 0.273. The van der Waals surface area contributed by atoms with E-state index >= 15 is 0 Å². The summed E-state index contributed by atoms with van der Waals surface area (Å²) in [6, 6.07) is 9.86. The van der Waals surface area contributed by atoms with Gasteiger partial charge in [0.05, 0.1) is 15.2 Å². The first kappa shape index (κ1) is 21.3. The molecule has 1 saturated carbocycles. The predicted molar refractivity (Wildman–Crippen MR) is 123 cm³/mol. The molecule has 1 aliphatic carbocycles. The number of nitrogens with zero attached hydrogens (tertiary/aromatic N) is 3. The van der Waals surface area contributed by atoms with Gasteiger partial charge in [0.25, 0.3) is 0 Å². The Labute approximate surface area is 196 Å².